The van der Waals surface area contributed by atoms with Crippen molar-refractivity contribution in [1.82, 2.24) is 4.98 Å². The number of fused-ring (bicyclic) bond motifs is 2. The fourth-order valence-corrected chi connectivity index (χ4v) is 4.01. The summed E-state index contributed by atoms with van der Waals surface area (Å²) >= 11 is 0. The number of hydrogen-bond acceptors (Lipinski definition) is 3. The highest BCUT2D eigenvalue weighted by molar-refractivity contribution is 8.02. The third-order valence-corrected chi connectivity index (χ3v) is 5.12. The average Bonchev–Trinajstić information content (AvgIpc) is 2.98. The lowest BCUT2D eigenvalue weighted by Crippen LogP contribution is -2.05. The molecule has 0 atom stereocenters. The topological polar surface area (TPSA) is 82.2 Å². The van der Waals surface area contributed by atoms with E-state index in [1.54, 1.807) is 48.7 Å². The smallest absolute Gasteiger partial charge is 0.262 e. The van der Waals surface area contributed by atoms with E-state index in [0.29, 0.717) is 11.3 Å². The Hall–Kier alpha value is -2.73. The van der Waals surface area contributed by atoms with Crippen LogP contribution in [0.15, 0.2) is 48.7 Å². The number of rotatable bonds is 1. The van der Waals surface area contributed by atoms with E-state index >= 15 is 0 Å². The van der Waals surface area contributed by atoms with Crippen molar-refractivity contribution in [2.24, 2.45) is 0 Å². The van der Waals surface area contributed by atoms with E-state index in [1.807, 2.05) is 6.07 Å². The molecule has 4 rings (SSSR count). The van der Waals surface area contributed by atoms with Gasteiger partial charge in [-0.2, -0.15) is 0 Å². The highest BCUT2D eigenvalue weighted by atomic mass is 32.2. The minimum absolute atomic E-state index is 0.161. The van der Waals surface area contributed by atoms with Crippen molar-refractivity contribution in [1.29, 1.82) is 0 Å². The molecule has 2 heterocycles. The zero-order valence-electron chi connectivity index (χ0n) is 11.4. The quantitative estimate of drug-likeness (QED) is 0.645. The molecule has 3 N–H and O–H groups in total. The van der Waals surface area contributed by atoms with E-state index in [-0.39, 0.29) is 10.7 Å². The second-order valence-electron chi connectivity index (χ2n) is 5.13. The summed E-state index contributed by atoms with van der Waals surface area (Å²) in [6.45, 7) is 0. The van der Waals surface area contributed by atoms with Crippen molar-refractivity contribution in [3.05, 3.63) is 59.8 Å². The molecule has 2 aromatic carbocycles. The SMILES string of the molecule is O=S1(=O)Nc2ccccc2C1=Cc1c[nH]c2cc(O)ccc12. The zero-order valence-corrected chi connectivity index (χ0v) is 12.2. The van der Waals surface area contributed by atoms with Gasteiger partial charge in [0.05, 0.1) is 10.6 Å². The Bertz CT molecular complexity index is 1030. The van der Waals surface area contributed by atoms with Crippen molar-refractivity contribution in [2.45, 2.75) is 0 Å². The molecule has 0 saturated carbocycles. The van der Waals surface area contributed by atoms with Crippen LogP contribution in [0.3, 0.4) is 0 Å². The Balaban J connectivity index is 1.94. The van der Waals surface area contributed by atoms with Crippen molar-refractivity contribution in [2.75, 3.05) is 4.72 Å². The standard InChI is InChI=1S/C16H12N2O3S/c19-11-5-6-12-10(9-17-15(12)8-11)7-16-13-3-1-2-4-14(13)18-22(16,20)21/h1-9,17-19H. The van der Waals surface area contributed by atoms with Crippen LogP contribution in [0.1, 0.15) is 11.1 Å². The van der Waals surface area contributed by atoms with E-state index in [9.17, 15) is 13.5 Å². The summed E-state index contributed by atoms with van der Waals surface area (Å²) in [5, 5.41) is 10.3. The first-order chi connectivity index (χ1) is 10.5. The molecule has 6 heteroatoms. The van der Waals surface area contributed by atoms with Gasteiger partial charge in [0.15, 0.2) is 0 Å². The fraction of sp³-hybridized carbons (Fsp3) is 0. The minimum Gasteiger partial charge on any atom is -0.508 e. The van der Waals surface area contributed by atoms with Crippen LogP contribution >= 0.6 is 0 Å². The van der Waals surface area contributed by atoms with Crippen molar-refractivity contribution in [3.8, 4) is 5.75 Å². The molecule has 0 bridgehead atoms. The van der Waals surface area contributed by atoms with E-state index in [2.05, 4.69) is 9.71 Å². The lowest BCUT2D eigenvalue weighted by atomic mass is 10.1. The van der Waals surface area contributed by atoms with Crippen LogP contribution in [0.4, 0.5) is 5.69 Å². The van der Waals surface area contributed by atoms with Gasteiger partial charge in [-0.05, 0) is 24.3 Å². The average molecular weight is 312 g/mol. The number of H-pyrrole nitrogens is 1. The number of phenolic OH excluding ortho intramolecular Hbond substituents is 1. The first-order valence-corrected chi connectivity index (χ1v) is 8.17. The number of aromatic nitrogens is 1. The molecule has 1 aromatic heterocycles. The van der Waals surface area contributed by atoms with Gasteiger partial charge in [-0.1, -0.05) is 18.2 Å². The molecule has 0 radical (unpaired) electrons. The summed E-state index contributed by atoms with van der Waals surface area (Å²) < 4.78 is 27.2. The van der Waals surface area contributed by atoms with Gasteiger partial charge in [0.2, 0.25) is 0 Å². The number of para-hydroxylation sites is 1. The lowest BCUT2D eigenvalue weighted by molar-refractivity contribution is 0.476. The largest absolute Gasteiger partial charge is 0.508 e. The van der Waals surface area contributed by atoms with Crippen LogP contribution < -0.4 is 4.72 Å². The van der Waals surface area contributed by atoms with Crippen molar-refractivity contribution in [3.63, 3.8) is 0 Å². The highest BCUT2D eigenvalue weighted by Crippen LogP contribution is 2.38. The highest BCUT2D eigenvalue weighted by Gasteiger charge is 2.29. The zero-order chi connectivity index (χ0) is 15.3. The second kappa shape index (κ2) is 4.38. The molecule has 5 nitrogen and oxygen atoms in total. The molecule has 3 aromatic rings. The minimum atomic E-state index is -3.55. The van der Waals surface area contributed by atoms with Gasteiger partial charge in [-0.3, -0.25) is 4.72 Å². The van der Waals surface area contributed by atoms with Crippen molar-refractivity contribution >= 4 is 37.6 Å². The molecule has 0 unspecified atom stereocenters. The molecule has 1 aliphatic heterocycles. The van der Waals surface area contributed by atoms with Crippen LogP contribution in [-0.2, 0) is 10.0 Å². The Morgan fingerprint density at radius 1 is 1.09 bits per heavy atom. The maximum atomic E-state index is 12.3. The first kappa shape index (κ1) is 13.0. The molecule has 22 heavy (non-hydrogen) atoms. The molecule has 0 fully saturated rings. The van der Waals surface area contributed by atoms with Gasteiger partial charge in [0, 0.05) is 34.3 Å². The number of phenols is 1. The number of aromatic amines is 1. The molecule has 0 aliphatic carbocycles. The Morgan fingerprint density at radius 2 is 1.91 bits per heavy atom. The van der Waals surface area contributed by atoms with Gasteiger partial charge in [0.25, 0.3) is 10.0 Å². The van der Waals surface area contributed by atoms with E-state index < -0.39 is 10.0 Å². The van der Waals surface area contributed by atoms with Crippen LogP contribution in [0.5, 0.6) is 5.75 Å². The normalized spacial score (nSPS) is 17.5. The number of aromatic hydroxyl groups is 1. The summed E-state index contributed by atoms with van der Waals surface area (Å²) in [6, 6.07) is 12.1. The predicted molar refractivity (Wildman–Crippen MR) is 86.8 cm³/mol. The van der Waals surface area contributed by atoms with E-state index in [4.69, 9.17) is 0 Å². The summed E-state index contributed by atoms with van der Waals surface area (Å²) in [4.78, 5) is 3.28. The second-order valence-corrected chi connectivity index (χ2v) is 6.78. The molecule has 110 valence electrons. The third kappa shape index (κ3) is 1.88. The van der Waals surface area contributed by atoms with Gasteiger partial charge in [0.1, 0.15) is 5.75 Å². The van der Waals surface area contributed by atoms with Crippen LogP contribution in [0.2, 0.25) is 0 Å². The van der Waals surface area contributed by atoms with Crippen LogP contribution in [-0.4, -0.2) is 18.5 Å². The number of hydrogen-bond donors (Lipinski definition) is 3. The number of nitrogens with one attached hydrogen (secondary N) is 2. The van der Waals surface area contributed by atoms with Crippen LogP contribution in [0.25, 0.3) is 21.9 Å². The summed E-state index contributed by atoms with van der Waals surface area (Å²) in [5.41, 5.74) is 2.76. The van der Waals surface area contributed by atoms with E-state index in [0.717, 1.165) is 16.5 Å². The maximum Gasteiger partial charge on any atom is 0.262 e. The summed E-state index contributed by atoms with van der Waals surface area (Å²) in [6.07, 6.45) is 3.37. The molecule has 1 aliphatic rings. The number of anilines is 1. The Labute approximate surface area is 127 Å². The molecular formula is C16H12N2O3S. The third-order valence-electron chi connectivity index (χ3n) is 3.71. The number of sulfonamides is 1. The van der Waals surface area contributed by atoms with Crippen molar-refractivity contribution < 1.29 is 13.5 Å². The Morgan fingerprint density at radius 3 is 2.77 bits per heavy atom. The predicted octanol–water partition coefficient (Wildman–Crippen LogP) is 3.13. The Kier molecular flexibility index (Phi) is 2.58. The first-order valence-electron chi connectivity index (χ1n) is 6.69. The van der Waals surface area contributed by atoms with Gasteiger partial charge in [-0.15, -0.1) is 0 Å². The number of benzene rings is 2. The fourth-order valence-electron chi connectivity index (χ4n) is 2.68. The maximum absolute atomic E-state index is 12.3. The summed E-state index contributed by atoms with van der Waals surface area (Å²) in [7, 11) is -3.55. The van der Waals surface area contributed by atoms with Gasteiger partial charge >= 0.3 is 0 Å². The molecule has 0 saturated heterocycles. The van der Waals surface area contributed by atoms with Gasteiger partial charge in [-0.25, -0.2) is 8.42 Å². The molecular weight excluding hydrogens is 300 g/mol. The molecule has 0 spiro atoms. The summed E-state index contributed by atoms with van der Waals surface area (Å²) in [5.74, 6) is 0.161. The lowest BCUT2D eigenvalue weighted by Gasteiger charge is -1.99. The van der Waals surface area contributed by atoms with Gasteiger partial charge < -0.3 is 10.1 Å². The van der Waals surface area contributed by atoms with E-state index in [1.165, 1.54) is 0 Å². The monoisotopic (exact) mass is 312 g/mol. The van der Waals surface area contributed by atoms with Crippen LogP contribution in [0, 0.1) is 0 Å². The molecule has 0 amide bonds.